The standard InChI is InChI=1S/C15H28N2O3/c1-14(2,10-7-13(19)20)17-12(18)11-15(16-3)8-5-4-6-9-15/h16H,4-11H2,1-3H3,(H,17,18)(H,19,20). The van der Waals surface area contributed by atoms with Gasteiger partial charge in [-0.25, -0.2) is 0 Å². The number of hydrogen-bond donors (Lipinski definition) is 3. The molecule has 1 fully saturated rings. The molecule has 0 heterocycles. The monoisotopic (exact) mass is 284 g/mol. The van der Waals surface area contributed by atoms with Crippen molar-refractivity contribution in [3.63, 3.8) is 0 Å². The second-order valence-electron chi connectivity index (χ2n) is 6.59. The zero-order valence-corrected chi connectivity index (χ0v) is 12.9. The van der Waals surface area contributed by atoms with Gasteiger partial charge in [-0.3, -0.25) is 9.59 Å². The summed E-state index contributed by atoms with van der Waals surface area (Å²) in [5, 5.41) is 15.0. The average Bonchev–Trinajstić information content (AvgIpc) is 2.37. The smallest absolute Gasteiger partial charge is 0.303 e. The molecule has 1 amide bonds. The number of carbonyl (C=O) groups excluding carboxylic acids is 1. The molecule has 1 aliphatic rings. The maximum atomic E-state index is 12.2. The summed E-state index contributed by atoms with van der Waals surface area (Å²) in [4.78, 5) is 22.9. The highest BCUT2D eigenvalue weighted by Crippen LogP contribution is 2.30. The highest BCUT2D eigenvalue weighted by molar-refractivity contribution is 5.78. The summed E-state index contributed by atoms with van der Waals surface area (Å²) in [7, 11) is 1.92. The topological polar surface area (TPSA) is 78.4 Å². The van der Waals surface area contributed by atoms with Crippen LogP contribution in [0.5, 0.6) is 0 Å². The second-order valence-corrected chi connectivity index (χ2v) is 6.59. The van der Waals surface area contributed by atoms with Crippen molar-refractivity contribution in [2.75, 3.05) is 7.05 Å². The van der Waals surface area contributed by atoms with Crippen LogP contribution in [0.1, 0.15) is 65.2 Å². The minimum atomic E-state index is -0.828. The van der Waals surface area contributed by atoms with Crippen molar-refractivity contribution in [2.45, 2.75) is 76.3 Å². The molecule has 1 saturated carbocycles. The molecule has 1 rings (SSSR count). The minimum absolute atomic E-state index is 0.0108. The number of hydrogen-bond acceptors (Lipinski definition) is 3. The van der Waals surface area contributed by atoms with Gasteiger partial charge >= 0.3 is 5.97 Å². The lowest BCUT2D eigenvalue weighted by Gasteiger charge is -2.37. The Labute approximate surface area is 121 Å². The largest absolute Gasteiger partial charge is 0.481 e. The quantitative estimate of drug-likeness (QED) is 0.668. The SMILES string of the molecule is CNC1(CC(=O)NC(C)(C)CCC(=O)O)CCCCC1. The van der Waals surface area contributed by atoms with Crippen molar-refractivity contribution < 1.29 is 14.7 Å². The summed E-state index contributed by atoms with van der Waals surface area (Å²) < 4.78 is 0. The van der Waals surface area contributed by atoms with Gasteiger partial charge in [0.1, 0.15) is 0 Å². The fourth-order valence-electron chi connectivity index (χ4n) is 2.95. The van der Waals surface area contributed by atoms with E-state index in [9.17, 15) is 9.59 Å². The van der Waals surface area contributed by atoms with Crippen LogP contribution in [0.2, 0.25) is 0 Å². The van der Waals surface area contributed by atoms with E-state index < -0.39 is 11.5 Å². The normalized spacial score (nSPS) is 18.6. The van der Waals surface area contributed by atoms with E-state index >= 15 is 0 Å². The fourth-order valence-corrected chi connectivity index (χ4v) is 2.95. The molecular weight excluding hydrogens is 256 g/mol. The van der Waals surface area contributed by atoms with E-state index in [0.29, 0.717) is 12.8 Å². The molecule has 20 heavy (non-hydrogen) atoms. The molecule has 0 aromatic rings. The van der Waals surface area contributed by atoms with E-state index in [1.165, 1.54) is 6.42 Å². The first kappa shape index (κ1) is 17.0. The molecule has 3 N–H and O–H groups in total. The highest BCUT2D eigenvalue weighted by atomic mass is 16.4. The van der Waals surface area contributed by atoms with Crippen LogP contribution in [0.15, 0.2) is 0 Å². The number of carbonyl (C=O) groups is 2. The first-order chi connectivity index (χ1) is 9.29. The van der Waals surface area contributed by atoms with Gasteiger partial charge in [-0.2, -0.15) is 0 Å². The molecule has 0 radical (unpaired) electrons. The fraction of sp³-hybridized carbons (Fsp3) is 0.867. The van der Waals surface area contributed by atoms with Gasteiger partial charge in [0.15, 0.2) is 0 Å². The van der Waals surface area contributed by atoms with Gasteiger partial charge in [0.2, 0.25) is 5.91 Å². The maximum absolute atomic E-state index is 12.2. The summed E-state index contributed by atoms with van der Waals surface area (Å²) in [6.07, 6.45) is 6.63. The first-order valence-electron chi connectivity index (χ1n) is 7.50. The van der Waals surface area contributed by atoms with Gasteiger partial charge in [0.25, 0.3) is 0 Å². The lowest BCUT2D eigenvalue weighted by molar-refractivity contribution is -0.138. The zero-order valence-electron chi connectivity index (χ0n) is 12.9. The lowest BCUT2D eigenvalue weighted by Crippen LogP contribution is -2.51. The third-order valence-corrected chi connectivity index (χ3v) is 4.28. The second kappa shape index (κ2) is 7.07. The van der Waals surface area contributed by atoms with E-state index in [2.05, 4.69) is 10.6 Å². The Morgan fingerprint density at radius 1 is 1.20 bits per heavy atom. The van der Waals surface area contributed by atoms with Crippen molar-refractivity contribution in [1.29, 1.82) is 0 Å². The molecule has 0 aliphatic heterocycles. The van der Waals surface area contributed by atoms with E-state index in [4.69, 9.17) is 5.11 Å². The summed E-state index contributed by atoms with van der Waals surface area (Å²) >= 11 is 0. The Kier molecular flexibility index (Phi) is 5.99. The first-order valence-corrected chi connectivity index (χ1v) is 7.50. The summed E-state index contributed by atoms with van der Waals surface area (Å²) in [6.45, 7) is 3.75. The number of rotatable bonds is 7. The maximum Gasteiger partial charge on any atom is 0.303 e. The van der Waals surface area contributed by atoms with Gasteiger partial charge in [-0.15, -0.1) is 0 Å². The number of nitrogens with one attached hydrogen (secondary N) is 2. The minimum Gasteiger partial charge on any atom is -0.481 e. The molecule has 5 nitrogen and oxygen atoms in total. The van der Waals surface area contributed by atoms with Crippen molar-refractivity contribution >= 4 is 11.9 Å². The summed E-state index contributed by atoms with van der Waals surface area (Å²) in [6, 6.07) is 0. The third-order valence-electron chi connectivity index (χ3n) is 4.28. The summed E-state index contributed by atoms with van der Waals surface area (Å²) in [5.74, 6) is -0.817. The summed E-state index contributed by atoms with van der Waals surface area (Å²) in [5.41, 5.74) is -0.551. The Balaban J connectivity index is 2.50. The van der Waals surface area contributed by atoms with Gasteiger partial charge in [-0.05, 0) is 40.2 Å². The van der Waals surface area contributed by atoms with Crippen LogP contribution in [0.3, 0.4) is 0 Å². The van der Waals surface area contributed by atoms with Crippen LogP contribution in [-0.2, 0) is 9.59 Å². The number of amides is 1. The Bertz CT molecular complexity index is 347. The molecule has 0 spiro atoms. The molecule has 0 bridgehead atoms. The average molecular weight is 284 g/mol. The third kappa shape index (κ3) is 5.49. The molecule has 0 aromatic heterocycles. The van der Waals surface area contributed by atoms with Crippen LogP contribution in [0, 0.1) is 0 Å². The number of carboxylic acid groups (broad SMARTS) is 1. The molecule has 0 aromatic carbocycles. The predicted molar refractivity (Wildman–Crippen MR) is 78.6 cm³/mol. The predicted octanol–water partition coefficient (Wildman–Crippen LogP) is 2.06. The van der Waals surface area contributed by atoms with Crippen LogP contribution in [0.25, 0.3) is 0 Å². The van der Waals surface area contributed by atoms with Gasteiger partial charge in [0.05, 0.1) is 0 Å². The zero-order chi connectivity index (χ0) is 15.2. The van der Waals surface area contributed by atoms with Crippen LogP contribution in [-0.4, -0.2) is 35.1 Å². The lowest BCUT2D eigenvalue weighted by atomic mass is 9.79. The molecule has 1 aliphatic carbocycles. The number of carboxylic acids is 1. The Hall–Kier alpha value is -1.10. The Morgan fingerprint density at radius 3 is 2.30 bits per heavy atom. The van der Waals surface area contributed by atoms with Crippen molar-refractivity contribution in [3.05, 3.63) is 0 Å². The van der Waals surface area contributed by atoms with Crippen molar-refractivity contribution in [3.8, 4) is 0 Å². The van der Waals surface area contributed by atoms with Crippen LogP contribution in [0.4, 0.5) is 0 Å². The molecule has 0 unspecified atom stereocenters. The van der Waals surface area contributed by atoms with Crippen LogP contribution >= 0.6 is 0 Å². The molecule has 0 saturated heterocycles. The van der Waals surface area contributed by atoms with Crippen molar-refractivity contribution in [2.24, 2.45) is 0 Å². The molecule has 116 valence electrons. The van der Waals surface area contributed by atoms with Gasteiger partial charge in [0, 0.05) is 23.9 Å². The van der Waals surface area contributed by atoms with Crippen molar-refractivity contribution in [1.82, 2.24) is 10.6 Å². The van der Waals surface area contributed by atoms with E-state index in [-0.39, 0.29) is 17.9 Å². The van der Waals surface area contributed by atoms with Gasteiger partial charge in [-0.1, -0.05) is 19.3 Å². The highest BCUT2D eigenvalue weighted by Gasteiger charge is 2.34. The molecular formula is C15H28N2O3. The number of aliphatic carboxylic acids is 1. The molecule has 5 heteroatoms. The Morgan fingerprint density at radius 2 is 1.80 bits per heavy atom. The molecule has 0 atom stereocenters. The van der Waals surface area contributed by atoms with E-state index in [1.807, 2.05) is 20.9 Å². The van der Waals surface area contributed by atoms with E-state index in [1.54, 1.807) is 0 Å². The van der Waals surface area contributed by atoms with E-state index in [0.717, 1.165) is 25.7 Å². The van der Waals surface area contributed by atoms with Gasteiger partial charge < -0.3 is 15.7 Å². The van der Waals surface area contributed by atoms with Crippen LogP contribution < -0.4 is 10.6 Å².